The fourth-order valence-corrected chi connectivity index (χ4v) is 3.87. The van der Waals surface area contributed by atoms with Gasteiger partial charge in [-0.3, -0.25) is 4.79 Å². The van der Waals surface area contributed by atoms with Crippen molar-refractivity contribution >= 4 is 23.3 Å². The second kappa shape index (κ2) is 14.1. The van der Waals surface area contributed by atoms with E-state index in [1.165, 1.54) is 16.8 Å². The maximum Gasteiger partial charge on any atom is 0.490 e. The number of pyridine rings is 1. The number of hydrogen-bond donors (Lipinski definition) is 3. The summed E-state index contributed by atoms with van der Waals surface area (Å²) in [5.41, 5.74) is 4.07. The van der Waals surface area contributed by atoms with Gasteiger partial charge in [0.05, 0.1) is 0 Å². The Balaban J connectivity index is 0.000000404. The summed E-state index contributed by atoms with van der Waals surface area (Å²) >= 11 is 1.74. The molecule has 2 heterocycles. The Bertz CT molecular complexity index is 1040. The Labute approximate surface area is 212 Å². The van der Waals surface area contributed by atoms with Crippen molar-refractivity contribution in [2.45, 2.75) is 50.7 Å². The van der Waals surface area contributed by atoms with Crippen molar-refractivity contribution in [3.8, 4) is 0 Å². The van der Waals surface area contributed by atoms with Gasteiger partial charge < -0.3 is 25.0 Å². The first-order valence-corrected chi connectivity index (χ1v) is 11.7. The van der Waals surface area contributed by atoms with Crippen molar-refractivity contribution in [3.63, 3.8) is 0 Å². The van der Waals surface area contributed by atoms with E-state index in [9.17, 15) is 31.1 Å². The number of nitrogens with one attached hydrogen (secondary N) is 1. The van der Waals surface area contributed by atoms with E-state index >= 15 is 0 Å². The fraction of sp³-hybridized carbons (Fsp3) is 0.500. The number of aromatic nitrogens is 1. The van der Waals surface area contributed by atoms with Crippen LogP contribution in [0.15, 0.2) is 33.8 Å². The molecule has 15 heteroatoms. The average molecular weight is 560 g/mol. The molecule has 0 saturated heterocycles. The summed E-state index contributed by atoms with van der Waals surface area (Å²) < 4.78 is 65.4. The van der Waals surface area contributed by atoms with E-state index in [-0.39, 0.29) is 5.56 Å². The molecule has 0 bridgehead atoms. The highest BCUT2D eigenvalue weighted by Crippen LogP contribution is 2.21. The molecule has 208 valence electrons. The van der Waals surface area contributed by atoms with Gasteiger partial charge in [-0.1, -0.05) is 6.07 Å². The number of carboxylic acid groups (broad SMARTS) is 2. The highest BCUT2D eigenvalue weighted by molar-refractivity contribution is 7.07. The van der Waals surface area contributed by atoms with Crippen LogP contribution in [0.4, 0.5) is 26.3 Å². The molecule has 2 aromatic heterocycles. The van der Waals surface area contributed by atoms with Gasteiger partial charge in [-0.2, -0.15) is 37.7 Å². The molecule has 0 amide bonds. The molecular weight excluding hydrogens is 532 g/mol. The van der Waals surface area contributed by atoms with Crippen LogP contribution in [0.25, 0.3) is 0 Å². The van der Waals surface area contributed by atoms with Crippen molar-refractivity contribution in [2.24, 2.45) is 0 Å². The number of nitrogens with zero attached hydrogens (tertiary/aromatic N) is 2. The quantitative estimate of drug-likeness (QED) is 0.466. The number of carboxylic acids is 2. The number of aliphatic carboxylic acids is 2. The van der Waals surface area contributed by atoms with E-state index in [4.69, 9.17) is 19.8 Å². The minimum atomic E-state index is -5.08. The Morgan fingerprint density at radius 2 is 1.65 bits per heavy atom. The lowest BCUT2D eigenvalue weighted by atomic mass is 9.91. The molecule has 1 atom stereocenters. The molecule has 3 rings (SSSR count). The van der Waals surface area contributed by atoms with Crippen LogP contribution in [0.3, 0.4) is 0 Å². The van der Waals surface area contributed by atoms with Gasteiger partial charge in [0, 0.05) is 37.4 Å². The molecule has 1 aliphatic rings. The third-order valence-electron chi connectivity index (χ3n) is 5.02. The molecular formula is C22H27F6N3O5S. The minimum Gasteiger partial charge on any atom is -0.475 e. The monoisotopic (exact) mass is 559 g/mol. The third-order valence-corrected chi connectivity index (χ3v) is 5.75. The Morgan fingerprint density at radius 3 is 2.11 bits per heavy atom. The van der Waals surface area contributed by atoms with Gasteiger partial charge in [0.2, 0.25) is 0 Å². The summed E-state index contributed by atoms with van der Waals surface area (Å²) in [5.74, 6) is -5.51. The normalized spacial score (nSPS) is 15.1. The van der Waals surface area contributed by atoms with Gasteiger partial charge >= 0.3 is 24.3 Å². The molecule has 3 N–H and O–H groups in total. The van der Waals surface area contributed by atoms with Gasteiger partial charge in [-0.15, -0.1) is 0 Å². The zero-order valence-electron chi connectivity index (χ0n) is 19.9. The first-order chi connectivity index (χ1) is 17.0. The van der Waals surface area contributed by atoms with Crippen LogP contribution in [0.2, 0.25) is 0 Å². The van der Waals surface area contributed by atoms with Crippen LogP contribution in [0.5, 0.6) is 0 Å². The Morgan fingerprint density at radius 1 is 1.08 bits per heavy atom. The van der Waals surface area contributed by atoms with Crippen LogP contribution in [-0.4, -0.2) is 70.7 Å². The number of thiophene rings is 1. The number of fused-ring (bicyclic) bond motifs is 1. The van der Waals surface area contributed by atoms with Gasteiger partial charge in [-0.25, -0.2) is 9.59 Å². The van der Waals surface area contributed by atoms with E-state index in [0.717, 1.165) is 38.9 Å². The summed E-state index contributed by atoms with van der Waals surface area (Å²) in [6.45, 7) is 2.61. The first-order valence-electron chi connectivity index (χ1n) is 10.7. The third kappa shape index (κ3) is 11.8. The summed E-state index contributed by atoms with van der Waals surface area (Å²) in [7, 11) is 4.09. The molecule has 0 aromatic carbocycles. The SMILES string of the molecule is CN(C)CCn1c2c(ccc1=O)CC(NCc1ccsc1)CC2.O=C(O)C(F)(F)F.O=C(O)C(F)(F)F. The predicted octanol–water partition coefficient (Wildman–Crippen LogP) is 3.39. The predicted molar refractivity (Wildman–Crippen MR) is 124 cm³/mol. The van der Waals surface area contributed by atoms with E-state index in [0.29, 0.717) is 6.04 Å². The van der Waals surface area contributed by atoms with Gasteiger partial charge in [-0.05, 0) is 61.3 Å². The smallest absolute Gasteiger partial charge is 0.475 e. The number of halogens is 6. The van der Waals surface area contributed by atoms with E-state index in [1.54, 1.807) is 17.4 Å². The summed E-state index contributed by atoms with van der Waals surface area (Å²) in [5, 5.41) is 22.2. The topological polar surface area (TPSA) is 112 Å². The summed E-state index contributed by atoms with van der Waals surface area (Å²) in [6, 6.07) is 6.44. The highest BCUT2D eigenvalue weighted by atomic mass is 32.1. The Kier molecular flexibility index (Phi) is 12.3. The van der Waals surface area contributed by atoms with Crippen molar-refractivity contribution in [2.75, 3.05) is 20.6 Å². The molecule has 1 unspecified atom stereocenters. The highest BCUT2D eigenvalue weighted by Gasteiger charge is 2.38. The lowest BCUT2D eigenvalue weighted by Gasteiger charge is -2.28. The molecule has 0 aliphatic heterocycles. The number of likely N-dealkylation sites (N-methyl/N-ethyl adjacent to an activating group) is 1. The van der Waals surface area contributed by atoms with E-state index in [1.807, 2.05) is 24.7 Å². The van der Waals surface area contributed by atoms with Crippen molar-refractivity contribution in [1.29, 1.82) is 0 Å². The maximum atomic E-state index is 12.2. The molecule has 1 aliphatic carbocycles. The van der Waals surface area contributed by atoms with Gasteiger partial charge in [0.1, 0.15) is 0 Å². The zero-order chi connectivity index (χ0) is 28.4. The molecule has 2 aromatic rings. The second-order valence-electron chi connectivity index (χ2n) is 8.16. The summed E-state index contributed by atoms with van der Waals surface area (Å²) in [4.78, 5) is 32.1. The average Bonchev–Trinajstić information content (AvgIpc) is 3.30. The molecule has 0 radical (unpaired) electrons. The van der Waals surface area contributed by atoms with Crippen LogP contribution in [0, 0.1) is 0 Å². The molecule has 8 nitrogen and oxygen atoms in total. The lowest BCUT2D eigenvalue weighted by molar-refractivity contribution is -0.193. The van der Waals surface area contributed by atoms with Crippen LogP contribution >= 0.6 is 11.3 Å². The van der Waals surface area contributed by atoms with Gasteiger partial charge in [0.15, 0.2) is 0 Å². The minimum absolute atomic E-state index is 0.135. The van der Waals surface area contributed by atoms with Crippen molar-refractivity contribution in [3.05, 3.63) is 56.1 Å². The number of rotatable bonds is 6. The molecule has 0 saturated carbocycles. The maximum absolute atomic E-state index is 12.2. The largest absolute Gasteiger partial charge is 0.490 e. The van der Waals surface area contributed by atoms with Crippen LogP contribution in [-0.2, 0) is 35.5 Å². The van der Waals surface area contributed by atoms with Crippen LogP contribution in [0.1, 0.15) is 23.2 Å². The van der Waals surface area contributed by atoms with E-state index in [2.05, 4.69) is 27.0 Å². The first kappa shape index (κ1) is 32.1. The van der Waals surface area contributed by atoms with Gasteiger partial charge in [0.25, 0.3) is 5.56 Å². The molecule has 37 heavy (non-hydrogen) atoms. The zero-order valence-corrected chi connectivity index (χ0v) is 20.7. The number of alkyl halides is 6. The summed E-state index contributed by atoms with van der Waals surface area (Å²) in [6.07, 6.45) is -7.07. The number of carbonyl (C=O) groups is 2. The van der Waals surface area contributed by atoms with Crippen molar-refractivity contribution in [1.82, 2.24) is 14.8 Å². The van der Waals surface area contributed by atoms with Crippen LogP contribution < -0.4 is 10.9 Å². The van der Waals surface area contributed by atoms with Crippen molar-refractivity contribution < 1.29 is 46.1 Å². The van der Waals surface area contributed by atoms with E-state index < -0.39 is 24.3 Å². The fourth-order valence-electron chi connectivity index (χ4n) is 3.20. The second-order valence-corrected chi connectivity index (χ2v) is 8.94. The molecule has 0 fully saturated rings. The Hall–Kier alpha value is -2.91. The molecule has 0 spiro atoms. The number of hydrogen-bond acceptors (Lipinski definition) is 6. The lowest BCUT2D eigenvalue weighted by Crippen LogP contribution is -2.37. The standard InChI is InChI=1S/C18H25N3OS.2C2HF3O2/c1-20(2)8-9-21-17-5-4-16(11-15(17)3-6-18(21)22)19-12-14-7-10-23-13-14;2*3-2(4,5)1(6)7/h3,6-7,10,13,16,19H,4-5,8-9,11-12H2,1-2H3;2*(H,6,7).